The van der Waals surface area contributed by atoms with E-state index in [0.29, 0.717) is 30.4 Å². The maximum absolute atomic E-state index is 13.0. The van der Waals surface area contributed by atoms with Crippen LogP contribution in [0.3, 0.4) is 0 Å². The van der Waals surface area contributed by atoms with Crippen LogP contribution in [0.15, 0.2) is 78.9 Å². The molecule has 3 aromatic rings. The Balaban J connectivity index is 1.70. The first kappa shape index (κ1) is 27.1. The van der Waals surface area contributed by atoms with E-state index in [2.05, 4.69) is 19.2 Å². The van der Waals surface area contributed by atoms with Crippen LogP contribution in [-0.4, -0.2) is 34.2 Å². The first-order chi connectivity index (χ1) is 17.2. The number of sulfonamides is 1. The molecule has 1 atom stereocenters. The molecular weight excluding hydrogens is 476 g/mol. The molecule has 0 bridgehead atoms. The largest absolute Gasteiger partial charge is 0.497 e. The summed E-state index contributed by atoms with van der Waals surface area (Å²) in [6.07, 6.45) is 1.81. The summed E-state index contributed by atoms with van der Waals surface area (Å²) in [4.78, 5) is 13.0. The van der Waals surface area contributed by atoms with Gasteiger partial charge in [0.15, 0.2) is 0 Å². The molecule has 0 spiro atoms. The van der Waals surface area contributed by atoms with E-state index in [9.17, 15) is 13.2 Å². The van der Waals surface area contributed by atoms with Crippen LogP contribution in [0, 0.1) is 5.92 Å². The monoisotopic (exact) mass is 510 g/mol. The van der Waals surface area contributed by atoms with E-state index >= 15 is 0 Å². The topological polar surface area (TPSA) is 84.9 Å². The molecule has 0 saturated carbocycles. The van der Waals surface area contributed by atoms with Gasteiger partial charge in [-0.1, -0.05) is 56.3 Å². The molecule has 0 aromatic heterocycles. The summed E-state index contributed by atoms with van der Waals surface area (Å²) in [5, 5.41) is 3.01. The zero-order valence-corrected chi connectivity index (χ0v) is 22.0. The number of benzene rings is 3. The number of hydrogen-bond acceptors (Lipinski definition) is 5. The Hall–Kier alpha value is -3.52. The van der Waals surface area contributed by atoms with Crippen LogP contribution in [0.25, 0.3) is 0 Å². The predicted octanol–water partition coefficient (Wildman–Crippen LogP) is 4.94. The van der Waals surface area contributed by atoms with Crippen LogP contribution >= 0.6 is 0 Å². The van der Waals surface area contributed by atoms with Gasteiger partial charge in [0.05, 0.1) is 25.1 Å². The van der Waals surface area contributed by atoms with Gasteiger partial charge in [0.2, 0.25) is 15.9 Å². The van der Waals surface area contributed by atoms with E-state index in [1.807, 2.05) is 54.6 Å². The highest BCUT2D eigenvalue weighted by Gasteiger charge is 2.23. The van der Waals surface area contributed by atoms with Crippen molar-refractivity contribution in [3.63, 3.8) is 0 Å². The average molecular weight is 511 g/mol. The Bertz CT molecular complexity index is 1210. The summed E-state index contributed by atoms with van der Waals surface area (Å²) in [5.41, 5.74) is 2.36. The van der Waals surface area contributed by atoms with Gasteiger partial charge in [-0.25, -0.2) is 8.42 Å². The number of hydrogen-bond donors (Lipinski definition) is 1. The minimum absolute atomic E-state index is 0.251. The Labute approximate surface area is 214 Å². The van der Waals surface area contributed by atoms with Gasteiger partial charge < -0.3 is 14.8 Å². The molecule has 192 valence electrons. The molecule has 0 unspecified atom stereocenters. The summed E-state index contributed by atoms with van der Waals surface area (Å²) in [5.74, 6) is 1.28. The van der Waals surface area contributed by atoms with Gasteiger partial charge in [0.25, 0.3) is 0 Å². The van der Waals surface area contributed by atoms with Crippen molar-refractivity contribution >= 4 is 21.6 Å². The second-order valence-corrected chi connectivity index (χ2v) is 11.0. The predicted molar refractivity (Wildman–Crippen MR) is 143 cm³/mol. The summed E-state index contributed by atoms with van der Waals surface area (Å²) in [6.45, 7) is 4.23. The lowest BCUT2D eigenvalue weighted by Gasteiger charge is -2.25. The van der Waals surface area contributed by atoms with E-state index in [1.165, 1.54) is 0 Å². The molecule has 0 aliphatic rings. The van der Waals surface area contributed by atoms with Crippen molar-refractivity contribution in [2.24, 2.45) is 5.92 Å². The zero-order valence-electron chi connectivity index (χ0n) is 21.2. The lowest BCUT2D eigenvalue weighted by Crippen LogP contribution is -2.41. The average Bonchev–Trinajstić information content (AvgIpc) is 2.86. The molecule has 1 amide bonds. The fourth-order valence-electron chi connectivity index (χ4n) is 3.81. The molecular formula is C28H34N2O5S. The molecule has 0 aliphatic carbocycles. The van der Waals surface area contributed by atoms with Gasteiger partial charge in [-0.05, 0) is 59.9 Å². The molecule has 0 heterocycles. The molecule has 3 rings (SSSR count). The molecule has 1 N–H and O–H groups in total. The van der Waals surface area contributed by atoms with Crippen LogP contribution in [0.2, 0.25) is 0 Å². The maximum Gasteiger partial charge on any atom is 0.241 e. The Morgan fingerprint density at radius 2 is 1.53 bits per heavy atom. The second kappa shape index (κ2) is 12.4. The van der Waals surface area contributed by atoms with Crippen molar-refractivity contribution in [1.82, 2.24) is 5.32 Å². The summed E-state index contributed by atoms with van der Waals surface area (Å²) < 4.78 is 37.3. The lowest BCUT2D eigenvalue weighted by atomic mass is 9.97. The van der Waals surface area contributed by atoms with E-state index in [-0.39, 0.29) is 18.5 Å². The third-order valence-corrected chi connectivity index (χ3v) is 6.76. The molecule has 8 heteroatoms. The molecule has 0 fully saturated rings. The summed E-state index contributed by atoms with van der Waals surface area (Å²) in [6, 6.07) is 23.7. The number of methoxy groups -OCH3 is 1. The van der Waals surface area contributed by atoms with Crippen LogP contribution in [-0.2, 0) is 21.4 Å². The highest BCUT2D eigenvalue weighted by Crippen LogP contribution is 2.25. The normalized spacial score (nSPS) is 12.1. The fraction of sp³-hybridized carbons (Fsp3) is 0.321. The van der Waals surface area contributed by atoms with Gasteiger partial charge in [-0.15, -0.1) is 0 Å². The number of nitrogens with one attached hydrogen (secondary N) is 1. The van der Waals surface area contributed by atoms with E-state index in [0.717, 1.165) is 27.4 Å². The third kappa shape index (κ3) is 8.02. The quantitative estimate of drug-likeness (QED) is 0.373. The molecule has 0 saturated heterocycles. The van der Waals surface area contributed by atoms with Gasteiger partial charge in [0, 0.05) is 0 Å². The number of anilines is 1. The number of nitrogens with zero attached hydrogens (tertiary/aromatic N) is 1. The zero-order chi connectivity index (χ0) is 26.1. The highest BCUT2D eigenvalue weighted by atomic mass is 32.2. The molecule has 0 radical (unpaired) electrons. The van der Waals surface area contributed by atoms with Crippen molar-refractivity contribution in [1.29, 1.82) is 0 Å². The van der Waals surface area contributed by atoms with Crippen molar-refractivity contribution in [3.8, 4) is 11.5 Å². The summed E-state index contributed by atoms with van der Waals surface area (Å²) in [7, 11) is -2.10. The summed E-state index contributed by atoms with van der Waals surface area (Å²) >= 11 is 0. The number of carbonyl (C=O) groups is 1. The molecule has 36 heavy (non-hydrogen) atoms. The van der Waals surface area contributed by atoms with E-state index in [1.54, 1.807) is 31.4 Å². The van der Waals surface area contributed by atoms with Crippen LogP contribution in [0.5, 0.6) is 11.5 Å². The Morgan fingerprint density at radius 1 is 0.917 bits per heavy atom. The SMILES string of the molecule is COc1ccc([C@@H](CC(C)C)NC(=O)CN(c2ccc(OCc3ccccc3)cc2)S(C)(=O)=O)cc1. The van der Waals surface area contributed by atoms with Crippen molar-refractivity contribution in [3.05, 3.63) is 90.0 Å². The standard InChI is InChI=1S/C28H34N2O5S/c1-21(2)18-27(23-10-14-25(34-3)15-11-23)29-28(31)19-30(36(4,32)33)24-12-16-26(17-13-24)35-20-22-8-6-5-7-9-22/h5-17,21,27H,18-20H2,1-4H3,(H,29,31)/t27-/m1/s1. The van der Waals surface area contributed by atoms with E-state index in [4.69, 9.17) is 9.47 Å². The number of amides is 1. The number of carbonyl (C=O) groups excluding carboxylic acids is 1. The Kier molecular flexibility index (Phi) is 9.36. The van der Waals surface area contributed by atoms with Gasteiger partial charge in [-0.2, -0.15) is 0 Å². The molecule has 0 aliphatic heterocycles. The maximum atomic E-state index is 13.0. The van der Waals surface area contributed by atoms with Crippen molar-refractivity contribution < 1.29 is 22.7 Å². The number of ether oxygens (including phenoxy) is 2. The third-order valence-electron chi connectivity index (χ3n) is 5.62. The highest BCUT2D eigenvalue weighted by molar-refractivity contribution is 7.92. The van der Waals surface area contributed by atoms with Gasteiger partial charge in [0.1, 0.15) is 24.7 Å². The van der Waals surface area contributed by atoms with E-state index < -0.39 is 10.0 Å². The van der Waals surface area contributed by atoms with Crippen LogP contribution in [0.4, 0.5) is 5.69 Å². The number of rotatable bonds is 12. The minimum Gasteiger partial charge on any atom is -0.497 e. The molecule has 3 aromatic carbocycles. The Morgan fingerprint density at radius 3 is 2.08 bits per heavy atom. The lowest BCUT2D eigenvalue weighted by molar-refractivity contribution is -0.120. The van der Waals surface area contributed by atoms with Gasteiger partial charge >= 0.3 is 0 Å². The first-order valence-corrected chi connectivity index (χ1v) is 13.7. The van der Waals surface area contributed by atoms with Crippen molar-refractivity contribution in [2.45, 2.75) is 32.9 Å². The molecule has 7 nitrogen and oxygen atoms in total. The van der Waals surface area contributed by atoms with Gasteiger partial charge in [-0.3, -0.25) is 9.10 Å². The minimum atomic E-state index is -3.70. The fourth-order valence-corrected chi connectivity index (χ4v) is 4.66. The van der Waals surface area contributed by atoms with Crippen molar-refractivity contribution in [2.75, 3.05) is 24.2 Å². The first-order valence-electron chi connectivity index (χ1n) is 11.8. The van der Waals surface area contributed by atoms with Crippen LogP contribution < -0.4 is 19.1 Å². The smallest absolute Gasteiger partial charge is 0.241 e. The second-order valence-electron chi connectivity index (χ2n) is 9.06. The van der Waals surface area contributed by atoms with Crippen LogP contribution in [0.1, 0.15) is 37.4 Å².